The number of aromatic nitrogens is 3. The molecule has 0 aliphatic carbocycles. The molecule has 8 nitrogen and oxygen atoms in total. The van der Waals surface area contributed by atoms with Gasteiger partial charge in [-0.2, -0.15) is 0 Å². The quantitative estimate of drug-likeness (QED) is 0.655. The summed E-state index contributed by atoms with van der Waals surface area (Å²) in [6.07, 6.45) is -0.0736. The van der Waals surface area contributed by atoms with Gasteiger partial charge >= 0.3 is 5.69 Å². The lowest BCUT2D eigenvalue weighted by atomic mass is 10.1. The molecule has 1 aliphatic rings. The molecule has 29 heavy (non-hydrogen) atoms. The van der Waals surface area contributed by atoms with Crippen molar-refractivity contribution in [1.82, 2.24) is 19.0 Å². The number of fused-ring (bicyclic) bond motifs is 1. The normalized spacial score (nSPS) is 16.9. The molecular weight excluding hydrogens is 372 g/mol. The Kier molecular flexibility index (Phi) is 5.02. The van der Waals surface area contributed by atoms with Crippen molar-refractivity contribution in [2.75, 3.05) is 19.7 Å². The van der Waals surface area contributed by atoms with E-state index in [2.05, 4.69) is 4.98 Å². The lowest BCUT2D eigenvalue weighted by Crippen LogP contribution is -2.43. The lowest BCUT2D eigenvalue weighted by molar-refractivity contribution is -0.138. The van der Waals surface area contributed by atoms with Gasteiger partial charge in [0.2, 0.25) is 5.91 Å². The van der Waals surface area contributed by atoms with Gasteiger partial charge in [0.25, 0.3) is 5.56 Å². The Morgan fingerprint density at radius 3 is 2.62 bits per heavy atom. The minimum Gasteiger partial charge on any atom is -0.368 e. The summed E-state index contributed by atoms with van der Waals surface area (Å²) < 4.78 is 8.25. The highest BCUT2D eigenvalue weighted by Gasteiger charge is 2.27. The first kappa shape index (κ1) is 19.1. The highest BCUT2D eigenvalue weighted by Crippen LogP contribution is 2.22. The molecule has 150 valence electrons. The Morgan fingerprint density at radius 2 is 1.86 bits per heavy atom. The fourth-order valence-electron chi connectivity index (χ4n) is 3.59. The third-order valence-electron chi connectivity index (χ3n) is 5.27. The van der Waals surface area contributed by atoms with Crippen LogP contribution in [0.3, 0.4) is 0 Å². The molecular formula is C21H22N4O4. The van der Waals surface area contributed by atoms with Crippen molar-refractivity contribution in [3.05, 3.63) is 74.6 Å². The largest absolute Gasteiger partial charge is 0.368 e. The Hall–Kier alpha value is -3.26. The first-order valence-corrected chi connectivity index (χ1v) is 9.45. The molecule has 1 aromatic carbocycles. The van der Waals surface area contributed by atoms with Gasteiger partial charge in [-0.3, -0.25) is 18.7 Å². The van der Waals surface area contributed by atoms with E-state index in [1.807, 2.05) is 30.3 Å². The van der Waals surface area contributed by atoms with Crippen LogP contribution in [0.1, 0.15) is 17.4 Å². The van der Waals surface area contributed by atoms with Gasteiger partial charge < -0.3 is 9.64 Å². The van der Waals surface area contributed by atoms with E-state index in [-0.39, 0.29) is 11.5 Å². The number of nitrogens with zero attached hydrogens (tertiary/aromatic N) is 4. The fraction of sp³-hybridized carbons (Fsp3) is 0.333. The van der Waals surface area contributed by atoms with Crippen molar-refractivity contribution in [2.24, 2.45) is 14.1 Å². The molecule has 0 bridgehead atoms. The second-order valence-corrected chi connectivity index (χ2v) is 7.17. The number of benzene rings is 1. The number of hydrogen-bond donors (Lipinski definition) is 0. The summed E-state index contributed by atoms with van der Waals surface area (Å²) in [6.45, 7) is 1.30. The number of aryl methyl sites for hydroxylation is 1. The molecule has 0 spiro atoms. The van der Waals surface area contributed by atoms with Crippen LogP contribution in [0.2, 0.25) is 0 Å². The maximum absolute atomic E-state index is 12.7. The Bertz CT molecular complexity index is 1180. The van der Waals surface area contributed by atoms with Crippen molar-refractivity contribution in [1.29, 1.82) is 0 Å². The smallest absolute Gasteiger partial charge is 0.332 e. The Morgan fingerprint density at radius 1 is 1.10 bits per heavy atom. The molecule has 1 saturated heterocycles. The number of ether oxygens (including phenoxy) is 1. The van der Waals surface area contributed by atoms with Crippen molar-refractivity contribution in [2.45, 2.75) is 12.5 Å². The molecule has 4 rings (SSSR count). The van der Waals surface area contributed by atoms with Crippen molar-refractivity contribution < 1.29 is 9.53 Å². The number of amides is 1. The number of morpholine rings is 1. The SMILES string of the molecule is Cn1c(=O)c2ccc([C@H]3CN(C(=O)Cc4ccccc4)CCO3)nc2n(C)c1=O. The topological polar surface area (TPSA) is 86.4 Å². The first-order valence-electron chi connectivity index (χ1n) is 9.45. The summed E-state index contributed by atoms with van der Waals surface area (Å²) in [6, 6.07) is 13.0. The zero-order valence-electron chi connectivity index (χ0n) is 16.4. The first-order chi connectivity index (χ1) is 14.0. The van der Waals surface area contributed by atoms with Gasteiger partial charge in [0, 0.05) is 20.6 Å². The van der Waals surface area contributed by atoms with Gasteiger partial charge in [-0.15, -0.1) is 0 Å². The summed E-state index contributed by atoms with van der Waals surface area (Å²) >= 11 is 0. The fourth-order valence-corrected chi connectivity index (χ4v) is 3.59. The average molecular weight is 394 g/mol. The molecule has 8 heteroatoms. The molecule has 3 heterocycles. The number of carbonyl (C=O) groups excluding carboxylic acids is 1. The highest BCUT2D eigenvalue weighted by atomic mass is 16.5. The van der Waals surface area contributed by atoms with Gasteiger partial charge in [-0.1, -0.05) is 30.3 Å². The second kappa shape index (κ2) is 7.63. The molecule has 3 aromatic rings. The Labute approximate surface area is 167 Å². The number of carbonyl (C=O) groups is 1. The van der Waals surface area contributed by atoms with Crippen LogP contribution in [-0.2, 0) is 30.0 Å². The van der Waals surface area contributed by atoms with E-state index in [9.17, 15) is 14.4 Å². The van der Waals surface area contributed by atoms with Gasteiger partial charge in [0.15, 0.2) is 0 Å². The summed E-state index contributed by atoms with van der Waals surface area (Å²) in [5.74, 6) is 0.0339. The molecule has 1 fully saturated rings. The summed E-state index contributed by atoms with van der Waals surface area (Å²) in [5, 5.41) is 0.367. The van der Waals surface area contributed by atoms with Crippen LogP contribution < -0.4 is 11.2 Å². The summed E-state index contributed by atoms with van der Waals surface area (Å²) in [5.41, 5.74) is 1.06. The van der Waals surface area contributed by atoms with E-state index in [0.29, 0.717) is 42.8 Å². The third kappa shape index (κ3) is 3.58. The van der Waals surface area contributed by atoms with Gasteiger partial charge in [0.05, 0.1) is 30.7 Å². The van der Waals surface area contributed by atoms with Crippen LogP contribution in [0.4, 0.5) is 0 Å². The average Bonchev–Trinajstić information content (AvgIpc) is 2.76. The van der Waals surface area contributed by atoms with E-state index in [1.165, 1.54) is 11.6 Å². The molecule has 1 amide bonds. The monoisotopic (exact) mass is 394 g/mol. The molecule has 2 aromatic heterocycles. The standard InChI is InChI=1S/C21H22N4O4/c1-23-19-15(20(27)24(2)21(23)28)8-9-16(22-19)17-13-25(10-11-29-17)18(26)12-14-6-4-3-5-7-14/h3-9,17H,10-13H2,1-2H3/t17-/m1/s1. The molecule has 0 radical (unpaired) electrons. The van der Waals surface area contributed by atoms with Crippen LogP contribution in [0.25, 0.3) is 11.0 Å². The van der Waals surface area contributed by atoms with Crippen LogP contribution in [-0.4, -0.2) is 44.6 Å². The van der Waals surface area contributed by atoms with E-state index in [4.69, 9.17) is 4.74 Å². The molecule has 1 atom stereocenters. The van der Waals surface area contributed by atoms with E-state index < -0.39 is 11.8 Å². The van der Waals surface area contributed by atoms with Crippen LogP contribution in [0.15, 0.2) is 52.1 Å². The van der Waals surface area contributed by atoms with Crippen molar-refractivity contribution >= 4 is 16.9 Å². The predicted octanol–water partition coefficient (Wildman–Crippen LogP) is 0.775. The number of pyridine rings is 1. The summed E-state index contributed by atoms with van der Waals surface area (Å²) in [7, 11) is 3.02. The maximum Gasteiger partial charge on any atom is 0.332 e. The molecule has 0 saturated carbocycles. The van der Waals surface area contributed by atoms with E-state index >= 15 is 0 Å². The number of rotatable bonds is 3. The van der Waals surface area contributed by atoms with E-state index in [1.54, 1.807) is 24.1 Å². The zero-order chi connectivity index (χ0) is 20.5. The van der Waals surface area contributed by atoms with Crippen LogP contribution >= 0.6 is 0 Å². The van der Waals surface area contributed by atoms with Crippen LogP contribution in [0, 0.1) is 0 Å². The Balaban J connectivity index is 1.60. The third-order valence-corrected chi connectivity index (χ3v) is 5.27. The highest BCUT2D eigenvalue weighted by molar-refractivity contribution is 5.79. The molecule has 0 unspecified atom stereocenters. The second-order valence-electron chi connectivity index (χ2n) is 7.17. The zero-order valence-corrected chi connectivity index (χ0v) is 16.4. The van der Waals surface area contributed by atoms with E-state index in [0.717, 1.165) is 10.1 Å². The van der Waals surface area contributed by atoms with Crippen molar-refractivity contribution in [3.8, 4) is 0 Å². The molecule has 0 N–H and O–H groups in total. The van der Waals surface area contributed by atoms with Gasteiger partial charge in [0.1, 0.15) is 11.8 Å². The van der Waals surface area contributed by atoms with Gasteiger partial charge in [-0.05, 0) is 17.7 Å². The maximum atomic E-state index is 12.7. The molecule has 1 aliphatic heterocycles. The minimum atomic E-state index is -0.434. The lowest BCUT2D eigenvalue weighted by Gasteiger charge is -2.33. The van der Waals surface area contributed by atoms with Crippen LogP contribution in [0.5, 0.6) is 0 Å². The minimum absolute atomic E-state index is 0.0339. The van der Waals surface area contributed by atoms with Crippen molar-refractivity contribution in [3.63, 3.8) is 0 Å². The van der Waals surface area contributed by atoms with Gasteiger partial charge in [-0.25, -0.2) is 9.78 Å². The number of hydrogen-bond acceptors (Lipinski definition) is 5. The summed E-state index contributed by atoms with van der Waals surface area (Å²) in [4.78, 5) is 43.5. The predicted molar refractivity (Wildman–Crippen MR) is 108 cm³/mol.